The van der Waals surface area contributed by atoms with Gasteiger partial charge in [0, 0.05) is 18.8 Å². The minimum Gasteiger partial charge on any atom is -0.455 e. The third-order valence-corrected chi connectivity index (χ3v) is 9.73. The second-order valence-electron chi connectivity index (χ2n) is 12.1. The van der Waals surface area contributed by atoms with Crippen molar-refractivity contribution < 1.29 is 38.9 Å². The van der Waals surface area contributed by atoms with E-state index >= 15 is 0 Å². The highest BCUT2D eigenvalue weighted by Gasteiger charge is 2.68. The quantitative estimate of drug-likeness (QED) is 0.563. The maximum atomic E-state index is 13.3. The summed E-state index contributed by atoms with van der Waals surface area (Å²) in [4.78, 5) is 49.0. The summed E-state index contributed by atoms with van der Waals surface area (Å²) in [6.45, 7) is 7.35. The molecule has 0 aromatic carbocycles. The number of fused-ring (bicyclic) bond motifs is 5. The first-order valence-corrected chi connectivity index (χ1v) is 12.7. The van der Waals surface area contributed by atoms with E-state index in [-0.39, 0.29) is 41.8 Å². The zero-order valence-corrected chi connectivity index (χ0v) is 21.4. The second kappa shape index (κ2) is 8.51. The number of esters is 2. The average Bonchev–Trinajstić information content (AvgIpc) is 3.02. The minimum atomic E-state index is -1.73. The molecule has 3 fully saturated rings. The molecule has 4 aliphatic rings. The van der Waals surface area contributed by atoms with Crippen LogP contribution >= 0.6 is 0 Å². The first-order chi connectivity index (χ1) is 16.2. The molecule has 0 radical (unpaired) electrons. The maximum Gasteiger partial charge on any atom is 0.350 e. The van der Waals surface area contributed by atoms with Crippen molar-refractivity contribution in [1.82, 2.24) is 0 Å². The summed E-state index contributed by atoms with van der Waals surface area (Å²) < 4.78 is 10.1. The first-order valence-electron chi connectivity index (χ1n) is 12.7. The number of hydrogen-bond acceptors (Lipinski definition) is 8. The van der Waals surface area contributed by atoms with Crippen LogP contribution in [0.25, 0.3) is 0 Å². The van der Waals surface area contributed by atoms with Crippen LogP contribution in [0.1, 0.15) is 79.6 Å². The molecule has 2 N–H and O–H groups in total. The highest BCUT2D eigenvalue weighted by molar-refractivity contribution is 5.92. The van der Waals surface area contributed by atoms with Crippen molar-refractivity contribution in [3.63, 3.8) is 0 Å². The van der Waals surface area contributed by atoms with Crippen molar-refractivity contribution in [2.75, 3.05) is 6.61 Å². The van der Waals surface area contributed by atoms with Crippen LogP contribution in [-0.4, -0.2) is 57.6 Å². The molecule has 0 heterocycles. The molecule has 0 bridgehead atoms. The van der Waals surface area contributed by atoms with E-state index in [1.165, 1.54) is 20.8 Å². The Labute approximate surface area is 206 Å². The third kappa shape index (κ3) is 3.97. The summed E-state index contributed by atoms with van der Waals surface area (Å²) in [5, 5.41) is 23.2. The van der Waals surface area contributed by atoms with Gasteiger partial charge in [0.05, 0.1) is 6.10 Å². The van der Waals surface area contributed by atoms with Crippen LogP contribution in [0.3, 0.4) is 0 Å². The second-order valence-corrected chi connectivity index (χ2v) is 12.1. The van der Waals surface area contributed by atoms with Gasteiger partial charge in [-0.1, -0.05) is 19.4 Å². The number of ether oxygens (including phenoxy) is 2. The van der Waals surface area contributed by atoms with Gasteiger partial charge in [0.1, 0.15) is 5.60 Å². The topological polar surface area (TPSA) is 127 Å². The summed E-state index contributed by atoms with van der Waals surface area (Å²) in [6, 6.07) is 0. The molecule has 0 aromatic rings. The van der Waals surface area contributed by atoms with Crippen LogP contribution in [0.4, 0.5) is 0 Å². The molecule has 4 rings (SSSR count). The maximum absolute atomic E-state index is 13.3. The van der Waals surface area contributed by atoms with Gasteiger partial charge in [0.25, 0.3) is 0 Å². The largest absolute Gasteiger partial charge is 0.455 e. The van der Waals surface area contributed by atoms with Crippen molar-refractivity contribution in [2.45, 2.75) is 96.9 Å². The van der Waals surface area contributed by atoms with Crippen LogP contribution in [-0.2, 0) is 28.7 Å². The van der Waals surface area contributed by atoms with Gasteiger partial charge < -0.3 is 19.7 Å². The van der Waals surface area contributed by atoms with Crippen LogP contribution in [0.15, 0.2) is 11.6 Å². The fourth-order valence-corrected chi connectivity index (χ4v) is 7.98. The Hall–Kier alpha value is -2.06. The van der Waals surface area contributed by atoms with Crippen molar-refractivity contribution >= 4 is 23.5 Å². The molecule has 8 nitrogen and oxygen atoms in total. The SMILES string of the molecule is CC(=O)OC(C)(C)C(=O)OCC(=O)[C@@]1(O)CC[C@H]2[C@@H]3CCC4=CC(=O)CC[C@]4(C)[C@H]3[C@@H](O)C[C@@]21C. The average molecular weight is 491 g/mol. The van der Waals surface area contributed by atoms with E-state index in [1.54, 1.807) is 6.08 Å². The van der Waals surface area contributed by atoms with E-state index in [0.29, 0.717) is 12.8 Å². The number of Topliss-reactive ketones (excluding diaryl/α,β-unsaturated/α-hetero) is 1. The Bertz CT molecular complexity index is 982. The van der Waals surface area contributed by atoms with E-state index in [9.17, 15) is 29.4 Å². The Morgan fingerprint density at radius 3 is 2.49 bits per heavy atom. The monoisotopic (exact) mass is 490 g/mol. The van der Waals surface area contributed by atoms with Gasteiger partial charge in [-0.05, 0) is 81.6 Å². The third-order valence-electron chi connectivity index (χ3n) is 9.73. The van der Waals surface area contributed by atoms with Crippen LogP contribution in [0, 0.1) is 28.6 Å². The number of rotatable bonds is 5. The minimum absolute atomic E-state index is 0.0199. The number of allylic oxidation sites excluding steroid dienone is 1. The highest BCUT2D eigenvalue weighted by Crippen LogP contribution is 2.67. The number of aliphatic hydroxyl groups is 2. The Morgan fingerprint density at radius 1 is 1.14 bits per heavy atom. The van der Waals surface area contributed by atoms with E-state index in [1.807, 2.05) is 6.92 Å². The highest BCUT2D eigenvalue weighted by atomic mass is 16.6. The van der Waals surface area contributed by atoms with Crippen molar-refractivity contribution in [2.24, 2.45) is 28.6 Å². The predicted octanol–water partition coefficient (Wildman–Crippen LogP) is 2.67. The lowest BCUT2D eigenvalue weighted by atomic mass is 9.45. The van der Waals surface area contributed by atoms with Gasteiger partial charge in [-0.3, -0.25) is 14.4 Å². The van der Waals surface area contributed by atoms with Gasteiger partial charge in [0.2, 0.25) is 11.4 Å². The predicted molar refractivity (Wildman–Crippen MR) is 125 cm³/mol. The number of ketones is 2. The zero-order chi connectivity index (χ0) is 26.0. The Kier molecular flexibility index (Phi) is 6.33. The van der Waals surface area contributed by atoms with E-state index in [4.69, 9.17) is 9.47 Å². The lowest BCUT2D eigenvalue weighted by Crippen LogP contribution is -2.62. The first kappa shape index (κ1) is 26.0. The zero-order valence-electron chi connectivity index (χ0n) is 21.4. The van der Waals surface area contributed by atoms with Gasteiger partial charge in [0.15, 0.2) is 12.4 Å². The summed E-state index contributed by atoms with van der Waals surface area (Å²) in [6.07, 6.45) is 5.02. The van der Waals surface area contributed by atoms with Crippen molar-refractivity contribution in [3.05, 3.63) is 11.6 Å². The molecule has 4 aliphatic carbocycles. The number of carbonyl (C=O) groups is 4. The Balaban J connectivity index is 1.54. The molecule has 7 atom stereocenters. The van der Waals surface area contributed by atoms with Crippen molar-refractivity contribution in [1.29, 1.82) is 0 Å². The van der Waals surface area contributed by atoms with Crippen LogP contribution < -0.4 is 0 Å². The standard InChI is InChI=1S/C27H38O8/c1-15(28)35-24(2,3)23(32)34-14-21(31)27(33)11-9-19-18-7-6-16-12-17(29)8-10-25(16,4)22(18)20(30)13-26(19,27)5/h12,18-20,22,30,33H,6-11,13-14H2,1-5H3/t18-,19-,20-,22+,25-,26-,27-/m0/s1. The molecule has 35 heavy (non-hydrogen) atoms. The number of hydrogen-bond donors (Lipinski definition) is 2. The summed E-state index contributed by atoms with van der Waals surface area (Å²) in [7, 11) is 0. The van der Waals surface area contributed by atoms with Crippen molar-refractivity contribution in [3.8, 4) is 0 Å². The molecule has 0 aromatic heterocycles. The normalized spacial score (nSPS) is 40.7. The molecular formula is C27H38O8. The van der Waals surface area contributed by atoms with Gasteiger partial charge in [-0.2, -0.15) is 0 Å². The lowest BCUT2D eigenvalue weighted by molar-refractivity contribution is -0.189. The molecule has 0 spiro atoms. The molecule has 0 saturated heterocycles. The van der Waals surface area contributed by atoms with E-state index < -0.39 is 47.0 Å². The molecule has 0 aliphatic heterocycles. The molecular weight excluding hydrogens is 452 g/mol. The summed E-state index contributed by atoms with van der Waals surface area (Å²) >= 11 is 0. The molecule has 0 unspecified atom stereocenters. The molecule has 3 saturated carbocycles. The summed E-state index contributed by atoms with van der Waals surface area (Å²) in [5.41, 5.74) is -3.25. The lowest BCUT2D eigenvalue weighted by Gasteiger charge is -2.60. The fraction of sp³-hybridized carbons (Fsp3) is 0.778. The van der Waals surface area contributed by atoms with Crippen LogP contribution in [0.5, 0.6) is 0 Å². The van der Waals surface area contributed by atoms with Gasteiger partial charge >= 0.3 is 11.9 Å². The van der Waals surface area contributed by atoms with Gasteiger partial charge in [-0.25, -0.2) is 4.79 Å². The number of aliphatic hydroxyl groups excluding tert-OH is 1. The van der Waals surface area contributed by atoms with E-state index in [2.05, 4.69) is 6.92 Å². The van der Waals surface area contributed by atoms with E-state index in [0.717, 1.165) is 24.8 Å². The summed E-state index contributed by atoms with van der Waals surface area (Å²) in [5.74, 6) is -1.80. The fourth-order valence-electron chi connectivity index (χ4n) is 7.98. The molecule has 194 valence electrons. The molecule has 8 heteroatoms. The van der Waals surface area contributed by atoms with Gasteiger partial charge in [-0.15, -0.1) is 0 Å². The number of carbonyl (C=O) groups excluding carboxylic acids is 4. The van der Waals surface area contributed by atoms with Crippen LogP contribution in [0.2, 0.25) is 0 Å². The Morgan fingerprint density at radius 2 is 1.83 bits per heavy atom. The molecule has 0 amide bonds. The smallest absolute Gasteiger partial charge is 0.350 e.